The quantitative estimate of drug-likeness (QED) is 0.164. The van der Waals surface area contributed by atoms with Gasteiger partial charge in [-0.3, -0.25) is 19.2 Å². The van der Waals surface area contributed by atoms with Gasteiger partial charge in [0.1, 0.15) is 18.1 Å². The summed E-state index contributed by atoms with van der Waals surface area (Å²) in [6.45, 7) is 4.90. The fraction of sp³-hybridized carbons (Fsp3) is 0.600. The summed E-state index contributed by atoms with van der Waals surface area (Å²) in [6, 6.07) is -4.44. The van der Waals surface area contributed by atoms with Crippen molar-refractivity contribution in [2.75, 3.05) is 0 Å². The Morgan fingerprint density at radius 3 is 2.15 bits per heavy atom. The summed E-state index contributed by atoms with van der Waals surface area (Å²) >= 11 is 0. The molecule has 9 N–H and O–H groups in total. The number of nitrogens with one attached hydrogen (secondary N) is 4. The largest absolute Gasteiger partial charge is 0.480 e. The second-order valence-corrected chi connectivity index (χ2v) is 7.91. The fourth-order valence-electron chi connectivity index (χ4n) is 2.89. The van der Waals surface area contributed by atoms with Crippen molar-refractivity contribution in [2.45, 2.75) is 70.6 Å². The molecular formula is C20H33N7O6. The summed E-state index contributed by atoms with van der Waals surface area (Å²) < 4.78 is 0. The molecule has 0 bridgehead atoms. The molecule has 1 rings (SSSR count). The average molecular weight is 468 g/mol. The molecule has 0 aliphatic carbocycles. The number of aromatic amines is 1. The number of carboxylic acids is 1. The van der Waals surface area contributed by atoms with Crippen molar-refractivity contribution >= 4 is 29.6 Å². The van der Waals surface area contributed by atoms with Crippen molar-refractivity contribution < 1.29 is 29.1 Å². The monoisotopic (exact) mass is 467 g/mol. The molecule has 0 aliphatic rings. The third-order valence-corrected chi connectivity index (χ3v) is 5.11. The zero-order valence-electron chi connectivity index (χ0n) is 19.0. The van der Waals surface area contributed by atoms with Crippen molar-refractivity contribution in [3.05, 3.63) is 18.2 Å². The van der Waals surface area contributed by atoms with Crippen LogP contribution in [-0.2, 0) is 30.4 Å². The van der Waals surface area contributed by atoms with Crippen LogP contribution in [0.1, 0.15) is 45.7 Å². The van der Waals surface area contributed by atoms with Crippen molar-refractivity contribution in [3.8, 4) is 0 Å². The fourth-order valence-corrected chi connectivity index (χ4v) is 2.89. The Labute approximate surface area is 191 Å². The zero-order valence-corrected chi connectivity index (χ0v) is 19.0. The molecule has 0 saturated carbocycles. The van der Waals surface area contributed by atoms with E-state index in [0.717, 1.165) is 0 Å². The molecule has 0 aliphatic heterocycles. The Bertz CT molecular complexity index is 827. The predicted octanol–water partition coefficient (Wildman–Crippen LogP) is -1.85. The number of aliphatic carboxylic acids is 1. The Hall–Kier alpha value is -3.48. The van der Waals surface area contributed by atoms with Gasteiger partial charge in [0.2, 0.25) is 23.6 Å². The Morgan fingerprint density at radius 1 is 1.06 bits per heavy atom. The molecule has 1 aromatic heterocycles. The van der Waals surface area contributed by atoms with E-state index in [1.807, 2.05) is 0 Å². The number of amides is 4. The number of rotatable bonds is 14. The van der Waals surface area contributed by atoms with E-state index in [-0.39, 0.29) is 25.2 Å². The lowest BCUT2D eigenvalue weighted by Gasteiger charge is -2.26. The lowest BCUT2D eigenvalue weighted by Crippen LogP contribution is -2.58. The highest BCUT2D eigenvalue weighted by atomic mass is 16.4. The van der Waals surface area contributed by atoms with Crippen LogP contribution in [-0.4, -0.2) is 68.8 Å². The molecule has 13 nitrogen and oxygen atoms in total. The molecule has 5 unspecified atom stereocenters. The topological polar surface area (TPSA) is 222 Å². The first kappa shape index (κ1) is 27.6. The zero-order chi connectivity index (χ0) is 25.1. The van der Waals surface area contributed by atoms with E-state index in [9.17, 15) is 29.1 Å². The number of imidazole rings is 1. The average Bonchev–Trinajstić information content (AvgIpc) is 3.26. The first-order valence-corrected chi connectivity index (χ1v) is 10.6. The van der Waals surface area contributed by atoms with Gasteiger partial charge in [-0.15, -0.1) is 0 Å². The molecule has 0 aromatic carbocycles. The summed E-state index contributed by atoms with van der Waals surface area (Å²) in [5.74, 6) is -4.33. The molecule has 1 aromatic rings. The lowest BCUT2D eigenvalue weighted by molar-refractivity contribution is -0.143. The van der Waals surface area contributed by atoms with Crippen LogP contribution in [0.3, 0.4) is 0 Å². The van der Waals surface area contributed by atoms with Gasteiger partial charge < -0.3 is 37.5 Å². The SMILES string of the molecule is CCC(C)C(NC(=O)C(Cc1cnc[nH]1)NC(=O)C(CCC(N)=O)NC(=O)C(C)N)C(=O)O. The van der Waals surface area contributed by atoms with Gasteiger partial charge in [-0.2, -0.15) is 0 Å². The van der Waals surface area contributed by atoms with E-state index in [1.165, 1.54) is 19.4 Å². The Kier molecular flexibility index (Phi) is 11.0. The molecule has 33 heavy (non-hydrogen) atoms. The second kappa shape index (κ2) is 13.2. The van der Waals surface area contributed by atoms with Gasteiger partial charge in [0.05, 0.1) is 12.4 Å². The number of hydrogen-bond donors (Lipinski definition) is 7. The molecule has 5 atom stereocenters. The van der Waals surface area contributed by atoms with E-state index in [2.05, 4.69) is 25.9 Å². The van der Waals surface area contributed by atoms with Crippen molar-refractivity contribution in [1.82, 2.24) is 25.9 Å². The van der Waals surface area contributed by atoms with E-state index in [4.69, 9.17) is 11.5 Å². The summed E-state index contributed by atoms with van der Waals surface area (Å²) in [5, 5.41) is 16.9. The first-order chi connectivity index (χ1) is 15.5. The van der Waals surface area contributed by atoms with Crippen LogP contribution in [0, 0.1) is 5.92 Å². The normalized spacial score (nSPS) is 15.4. The van der Waals surface area contributed by atoms with Crippen LogP contribution in [0.15, 0.2) is 12.5 Å². The minimum atomic E-state index is -1.20. The molecule has 4 amide bonds. The van der Waals surface area contributed by atoms with Crippen LogP contribution in [0.5, 0.6) is 0 Å². The van der Waals surface area contributed by atoms with E-state index in [1.54, 1.807) is 13.8 Å². The number of nitrogens with zero attached hydrogens (tertiary/aromatic N) is 1. The third-order valence-electron chi connectivity index (χ3n) is 5.11. The van der Waals surface area contributed by atoms with Crippen LogP contribution in [0.25, 0.3) is 0 Å². The number of H-pyrrole nitrogens is 1. The summed E-state index contributed by atoms with van der Waals surface area (Å²) in [6.07, 6.45) is 3.04. The molecule has 0 saturated heterocycles. The van der Waals surface area contributed by atoms with Crippen molar-refractivity contribution in [2.24, 2.45) is 17.4 Å². The molecule has 0 fully saturated rings. The van der Waals surface area contributed by atoms with Gasteiger partial charge in [-0.05, 0) is 19.3 Å². The lowest BCUT2D eigenvalue weighted by atomic mass is 9.98. The Morgan fingerprint density at radius 2 is 1.67 bits per heavy atom. The number of carbonyl (C=O) groups is 5. The maximum Gasteiger partial charge on any atom is 0.326 e. The molecule has 13 heteroatoms. The first-order valence-electron chi connectivity index (χ1n) is 10.6. The van der Waals surface area contributed by atoms with Gasteiger partial charge in [-0.25, -0.2) is 9.78 Å². The van der Waals surface area contributed by atoms with Gasteiger partial charge in [0.25, 0.3) is 0 Å². The number of aromatic nitrogens is 2. The minimum Gasteiger partial charge on any atom is -0.480 e. The Balaban J connectivity index is 3.08. The van der Waals surface area contributed by atoms with Gasteiger partial charge in [0.15, 0.2) is 0 Å². The van der Waals surface area contributed by atoms with Crippen molar-refractivity contribution in [1.29, 1.82) is 0 Å². The van der Waals surface area contributed by atoms with E-state index >= 15 is 0 Å². The highest BCUT2D eigenvalue weighted by Gasteiger charge is 2.32. The predicted molar refractivity (Wildman–Crippen MR) is 117 cm³/mol. The summed E-state index contributed by atoms with van der Waals surface area (Å²) in [4.78, 5) is 67.4. The van der Waals surface area contributed by atoms with Crippen LogP contribution in [0.4, 0.5) is 0 Å². The number of carbonyl (C=O) groups excluding carboxylic acids is 4. The molecule has 1 heterocycles. The highest BCUT2D eigenvalue weighted by molar-refractivity contribution is 5.94. The van der Waals surface area contributed by atoms with Gasteiger partial charge >= 0.3 is 5.97 Å². The summed E-state index contributed by atoms with van der Waals surface area (Å²) in [5.41, 5.74) is 11.2. The minimum absolute atomic E-state index is 0.0196. The van der Waals surface area contributed by atoms with Crippen LogP contribution >= 0.6 is 0 Å². The third kappa shape index (κ3) is 9.27. The van der Waals surface area contributed by atoms with Crippen LogP contribution in [0.2, 0.25) is 0 Å². The molecule has 0 spiro atoms. The number of hydrogen-bond acceptors (Lipinski definition) is 7. The molecule has 0 radical (unpaired) electrons. The van der Waals surface area contributed by atoms with Gasteiger partial charge in [-0.1, -0.05) is 20.3 Å². The van der Waals surface area contributed by atoms with E-state index in [0.29, 0.717) is 12.1 Å². The number of nitrogens with two attached hydrogens (primary N) is 2. The van der Waals surface area contributed by atoms with Gasteiger partial charge in [0, 0.05) is 24.7 Å². The summed E-state index contributed by atoms with van der Waals surface area (Å²) in [7, 11) is 0. The van der Waals surface area contributed by atoms with Crippen molar-refractivity contribution in [3.63, 3.8) is 0 Å². The number of carboxylic acid groups (broad SMARTS) is 1. The highest BCUT2D eigenvalue weighted by Crippen LogP contribution is 2.10. The standard InChI is InChI=1S/C20H33N7O6/c1-4-10(2)16(20(32)33)27-19(31)14(7-12-8-23-9-24-12)26-18(30)13(5-6-15(22)28)25-17(29)11(3)21/h8-11,13-14,16H,4-7,21H2,1-3H3,(H2,22,28)(H,23,24)(H,25,29)(H,26,30)(H,27,31)(H,32,33). The number of primary amides is 1. The molecule has 184 valence electrons. The maximum absolute atomic E-state index is 13.0. The van der Waals surface area contributed by atoms with Crippen LogP contribution < -0.4 is 27.4 Å². The maximum atomic E-state index is 13.0. The molecular weight excluding hydrogens is 434 g/mol. The van der Waals surface area contributed by atoms with E-state index < -0.39 is 53.8 Å². The smallest absolute Gasteiger partial charge is 0.326 e. The second-order valence-electron chi connectivity index (χ2n) is 7.91.